The number of anilines is 1. The van der Waals surface area contributed by atoms with Crippen molar-refractivity contribution in [2.45, 2.75) is 33.0 Å². The summed E-state index contributed by atoms with van der Waals surface area (Å²) in [5, 5.41) is 9.64. The number of fused-ring (bicyclic) bond motifs is 1. The van der Waals surface area contributed by atoms with Gasteiger partial charge in [0.15, 0.2) is 0 Å². The summed E-state index contributed by atoms with van der Waals surface area (Å²) in [5.74, 6) is 0.790. The average molecular weight is 325 g/mol. The van der Waals surface area contributed by atoms with E-state index in [2.05, 4.69) is 19.9 Å². The molecule has 0 amide bonds. The van der Waals surface area contributed by atoms with E-state index in [-0.39, 0.29) is 6.10 Å². The minimum Gasteiger partial charge on any atom is -0.384 e. The smallest absolute Gasteiger partial charge is 0.127 e. The second-order valence-corrected chi connectivity index (χ2v) is 6.49. The molecule has 2 heterocycles. The molecule has 23 heavy (non-hydrogen) atoms. The van der Waals surface area contributed by atoms with Crippen LogP contribution in [0.2, 0.25) is 0 Å². The average Bonchev–Trinajstić information content (AvgIpc) is 2.56. The highest BCUT2D eigenvalue weighted by molar-refractivity contribution is 7.71. The summed E-state index contributed by atoms with van der Waals surface area (Å²) in [4.78, 5) is 0. The monoisotopic (exact) mass is 325 g/mol. The number of nitriles is 1. The van der Waals surface area contributed by atoms with E-state index in [0.717, 1.165) is 16.8 Å². The first-order valence-corrected chi connectivity index (χ1v) is 8.08. The number of pyridine rings is 1. The summed E-state index contributed by atoms with van der Waals surface area (Å²) in [7, 11) is 0. The van der Waals surface area contributed by atoms with Gasteiger partial charge in [0, 0.05) is 17.7 Å². The predicted octanol–water partition coefficient (Wildman–Crippen LogP) is 3.76. The van der Waals surface area contributed by atoms with Crippen molar-refractivity contribution in [1.82, 2.24) is 4.57 Å². The molecule has 1 aliphatic heterocycles. The topological polar surface area (TPSA) is 64.0 Å². The van der Waals surface area contributed by atoms with Gasteiger partial charge in [0.05, 0.1) is 18.3 Å². The van der Waals surface area contributed by atoms with E-state index in [1.165, 1.54) is 0 Å². The highest BCUT2D eigenvalue weighted by Crippen LogP contribution is 2.32. The summed E-state index contributed by atoms with van der Waals surface area (Å²) in [5.41, 5.74) is 9.55. The molecule has 0 fully saturated rings. The zero-order chi connectivity index (χ0) is 16.6. The van der Waals surface area contributed by atoms with Crippen LogP contribution in [0, 0.1) is 21.9 Å². The van der Waals surface area contributed by atoms with Crippen LogP contribution in [-0.2, 0) is 17.8 Å². The number of nitrogens with two attached hydrogens (primary N) is 1. The number of rotatable bonds is 2. The first-order valence-electron chi connectivity index (χ1n) is 7.68. The molecule has 0 spiro atoms. The van der Waals surface area contributed by atoms with Crippen LogP contribution in [0.15, 0.2) is 30.3 Å². The zero-order valence-electron chi connectivity index (χ0n) is 13.2. The Hall–Kier alpha value is -2.16. The molecule has 2 N–H and O–H groups in total. The van der Waals surface area contributed by atoms with Gasteiger partial charge < -0.3 is 10.5 Å². The molecule has 1 aromatic heterocycles. The SMILES string of the molecule is CC(C)C1Cc2c(C#N)c(N)n(-c3ccccc3)c(=S)c2CO1. The molecule has 118 valence electrons. The van der Waals surface area contributed by atoms with Crippen molar-refractivity contribution in [1.29, 1.82) is 5.26 Å². The van der Waals surface area contributed by atoms with Crippen molar-refractivity contribution >= 4 is 18.0 Å². The van der Waals surface area contributed by atoms with Gasteiger partial charge in [-0.25, -0.2) is 0 Å². The van der Waals surface area contributed by atoms with Gasteiger partial charge in [-0.2, -0.15) is 5.26 Å². The van der Waals surface area contributed by atoms with E-state index in [9.17, 15) is 5.26 Å². The molecule has 0 saturated carbocycles. The molecular weight excluding hydrogens is 306 g/mol. The van der Waals surface area contributed by atoms with Crippen molar-refractivity contribution in [2.24, 2.45) is 5.92 Å². The number of nitrogens with zero attached hydrogens (tertiary/aromatic N) is 2. The van der Waals surface area contributed by atoms with Crippen LogP contribution in [0.4, 0.5) is 5.82 Å². The summed E-state index contributed by atoms with van der Waals surface area (Å²) < 4.78 is 8.35. The molecular formula is C18H19N3OS. The molecule has 2 aromatic rings. The highest BCUT2D eigenvalue weighted by Gasteiger charge is 2.28. The molecule has 4 nitrogen and oxygen atoms in total. The Balaban J connectivity index is 2.25. The van der Waals surface area contributed by atoms with Gasteiger partial charge >= 0.3 is 0 Å². The molecule has 0 aliphatic carbocycles. The van der Waals surface area contributed by atoms with Gasteiger partial charge in [-0.15, -0.1) is 0 Å². The number of para-hydroxylation sites is 1. The fourth-order valence-electron chi connectivity index (χ4n) is 3.00. The quantitative estimate of drug-likeness (QED) is 0.854. The Bertz CT molecular complexity index is 834. The van der Waals surface area contributed by atoms with E-state index in [1.54, 1.807) is 4.57 Å². The number of nitrogen functional groups attached to an aromatic ring is 1. The Kier molecular flexibility index (Phi) is 4.20. The maximum absolute atomic E-state index is 9.64. The van der Waals surface area contributed by atoms with Crippen molar-refractivity contribution in [3.05, 3.63) is 51.7 Å². The zero-order valence-corrected chi connectivity index (χ0v) is 14.1. The molecule has 3 rings (SSSR count). The molecule has 0 saturated heterocycles. The first kappa shape index (κ1) is 15.7. The second kappa shape index (κ2) is 6.15. The minimum absolute atomic E-state index is 0.0935. The van der Waals surface area contributed by atoms with Crippen LogP contribution >= 0.6 is 12.2 Å². The number of hydrogen-bond acceptors (Lipinski definition) is 4. The second-order valence-electron chi connectivity index (χ2n) is 6.10. The lowest BCUT2D eigenvalue weighted by Gasteiger charge is -2.30. The fraction of sp³-hybridized carbons (Fsp3) is 0.333. The van der Waals surface area contributed by atoms with Crippen molar-refractivity contribution < 1.29 is 4.74 Å². The van der Waals surface area contributed by atoms with Crippen LogP contribution in [0.25, 0.3) is 5.69 Å². The maximum Gasteiger partial charge on any atom is 0.127 e. The van der Waals surface area contributed by atoms with Gasteiger partial charge in [0.2, 0.25) is 0 Å². The molecule has 1 unspecified atom stereocenters. The largest absolute Gasteiger partial charge is 0.384 e. The van der Waals surface area contributed by atoms with Crippen LogP contribution in [0.1, 0.15) is 30.5 Å². The van der Waals surface area contributed by atoms with E-state index < -0.39 is 0 Å². The van der Waals surface area contributed by atoms with Crippen LogP contribution in [0.5, 0.6) is 0 Å². The van der Waals surface area contributed by atoms with Crippen molar-refractivity contribution in [2.75, 3.05) is 5.73 Å². The van der Waals surface area contributed by atoms with Gasteiger partial charge in [0.25, 0.3) is 0 Å². The lowest BCUT2D eigenvalue weighted by atomic mass is 9.91. The standard InChI is InChI=1S/C18H19N3OS/c1-11(2)16-8-13-14(9-19)17(20)21(12-6-4-3-5-7-12)18(23)15(13)10-22-16/h3-7,11,16H,8,10,20H2,1-2H3. The third-order valence-electron chi connectivity index (χ3n) is 4.34. The summed E-state index contributed by atoms with van der Waals surface area (Å²) in [6, 6.07) is 11.9. The van der Waals surface area contributed by atoms with Gasteiger partial charge in [-0.1, -0.05) is 44.3 Å². The molecule has 0 radical (unpaired) electrons. The third-order valence-corrected chi connectivity index (χ3v) is 4.77. The summed E-state index contributed by atoms with van der Waals surface area (Å²) in [6.07, 6.45) is 0.773. The number of ether oxygens (including phenoxy) is 1. The highest BCUT2D eigenvalue weighted by atomic mass is 32.1. The lowest BCUT2D eigenvalue weighted by Crippen LogP contribution is -2.29. The molecule has 1 aliphatic rings. The van der Waals surface area contributed by atoms with E-state index in [1.807, 2.05) is 30.3 Å². The van der Waals surface area contributed by atoms with Crippen molar-refractivity contribution in [3.8, 4) is 11.8 Å². The summed E-state index contributed by atoms with van der Waals surface area (Å²) >= 11 is 5.65. The minimum atomic E-state index is 0.0935. The molecule has 1 atom stereocenters. The number of benzene rings is 1. The van der Waals surface area contributed by atoms with E-state index >= 15 is 0 Å². The Morgan fingerprint density at radius 3 is 2.61 bits per heavy atom. The Morgan fingerprint density at radius 1 is 1.30 bits per heavy atom. The number of hydrogen-bond donors (Lipinski definition) is 1. The normalized spacial score (nSPS) is 16.9. The molecule has 1 aromatic carbocycles. The summed E-state index contributed by atoms with van der Waals surface area (Å²) in [6.45, 7) is 4.67. The Labute approximate surface area is 141 Å². The first-order chi connectivity index (χ1) is 11.0. The van der Waals surface area contributed by atoms with Crippen LogP contribution < -0.4 is 5.73 Å². The van der Waals surface area contributed by atoms with E-state index in [4.69, 9.17) is 22.7 Å². The van der Waals surface area contributed by atoms with Gasteiger partial charge in [0.1, 0.15) is 16.5 Å². The van der Waals surface area contributed by atoms with Gasteiger partial charge in [-0.3, -0.25) is 4.57 Å². The molecule has 0 bridgehead atoms. The van der Waals surface area contributed by atoms with Crippen molar-refractivity contribution in [3.63, 3.8) is 0 Å². The molecule has 5 heteroatoms. The fourth-order valence-corrected chi connectivity index (χ4v) is 3.39. The third kappa shape index (κ3) is 2.65. The maximum atomic E-state index is 9.64. The van der Waals surface area contributed by atoms with E-state index in [0.29, 0.717) is 35.0 Å². The van der Waals surface area contributed by atoms with Crippen LogP contribution in [0.3, 0.4) is 0 Å². The predicted molar refractivity (Wildman–Crippen MR) is 92.8 cm³/mol. The van der Waals surface area contributed by atoms with Gasteiger partial charge in [-0.05, 0) is 23.6 Å². The lowest BCUT2D eigenvalue weighted by molar-refractivity contribution is -0.000853. The number of aromatic nitrogens is 1. The Morgan fingerprint density at radius 2 is 2.00 bits per heavy atom. The van der Waals surface area contributed by atoms with Crippen LogP contribution in [-0.4, -0.2) is 10.7 Å².